The summed E-state index contributed by atoms with van der Waals surface area (Å²) in [6.07, 6.45) is 9.19. The minimum atomic E-state index is 0. The monoisotopic (exact) mass is 553 g/mol. The topological polar surface area (TPSA) is 12.9 Å². The molecular formula is C27H22IrN-. The average Bonchev–Trinajstić information content (AvgIpc) is 2.76. The molecule has 145 valence electrons. The Bertz CT molecular complexity index is 1220. The Morgan fingerprint density at radius 1 is 0.724 bits per heavy atom. The van der Waals surface area contributed by atoms with E-state index in [4.69, 9.17) is 4.98 Å². The predicted octanol–water partition coefficient (Wildman–Crippen LogP) is 6.34. The molecule has 0 saturated carbocycles. The van der Waals surface area contributed by atoms with Gasteiger partial charge >= 0.3 is 0 Å². The van der Waals surface area contributed by atoms with Crippen LogP contribution in [-0.4, -0.2) is 4.98 Å². The van der Waals surface area contributed by atoms with Crippen molar-refractivity contribution in [3.05, 3.63) is 89.1 Å². The van der Waals surface area contributed by atoms with Crippen molar-refractivity contribution in [2.24, 2.45) is 0 Å². The van der Waals surface area contributed by atoms with E-state index in [1.807, 2.05) is 6.20 Å². The van der Waals surface area contributed by atoms with Crippen LogP contribution in [0.4, 0.5) is 0 Å². The zero-order chi connectivity index (χ0) is 18.5. The molecule has 1 heterocycles. The van der Waals surface area contributed by atoms with Crippen LogP contribution in [0.5, 0.6) is 0 Å². The molecule has 4 aromatic rings. The average molecular weight is 553 g/mol. The van der Waals surface area contributed by atoms with E-state index in [0.29, 0.717) is 0 Å². The molecule has 3 aromatic carbocycles. The number of fused-ring (bicyclic) bond motifs is 5. The molecule has 29 heavy (non-hydrogen) atoms. The van der Waals surface area contributed by atoms with Crippen molar-refractivity contribution in [2.75, 3.05) is 0 Å². The molecule has 0 unspecified atom stereocenters. The van der Waals surface area contributed by atoms with Gasteiger partial charge in [-0.3, -0.25) is 0 Å². The first-order chi connectivity index (χ1) is 13.9. The van der Waals surface area contributed by atoms with Crippen LogP contribution in [0.3, 0.4) is 0 Å². The molecule has 2 aliphatic carbocycles. The first-order valence-corrected chi connectivity index (χ1v) is 10.4. The van der Waals surface area contributed by atoms with Gasteiger partial charge in [0, 0.05) is 26.3 Å². The molecule has 0 bridgehead atoms. The Balaban J connectivity index is 0.00000181. The van der Waals surface area contributed by atoms with E-state index >= 15 is 0 Å². The van der Waals surface area contributed by atoms with E-state index in [1.54, 1.807) is 0 Å². The predicted molar refractivity (Wildman–Crippen MR) is 116 cm³/mol. The van der Waals surface area contributed by atoms with Gasteiger partial charge in [0.25, 0.3) is 0 Å². The van der Waals surface area contributed by atoms with E-state index < -0.39 is 0 Å². The Hall–Kier alpha value is -2.28. The maximum atomic E-state index is 4.79. The van der Waals surface area contributed by atoms with Gasteiger partial charge in [0.15, 0.2) is 0 Å². The quantitative estimate of drug-likeness (QED) is 0.251. The Labute approximate surface area is 185 Å². The number of pyridine rings is 1. The summed E-state index contributed by atoms with van der Waals surface area (Å²) in [5.41, 5.74) is 10.8. The van der Waals surface area contributed by atoms with Crippen molar-refractivity contribution in [1.29, 1.82) is 0 Å². The SMILES string of the molecule is [Ir].[c-]1cc2c(cc1-c1nccc3cc4c(cc13)CCCC4)CCc1ccccc1-2. The number of rotatable bonds is 1. The Morgan fingerprint density at radius 3 is 2.41 bits per heavy atom. The van der Waals surface area contributed by atoms with Crippen molar-refractivity contribution in [3.8, 4) is 22.4 Å². The van der Waals surface area contributed by atoms with Gasteiger partial charge < -0.3 is 4.98 Å². The fraction of sp³-hybridized carbons (Fsp3) is 0.222. The van der Waals surface area contributed by atoms with Gasteiger partial charge in [-0.25, -0.2) is 0 Å². The molecule has 0 amide bonds. The summed E-state index contributed by atoms with van der Waals surface area (Å²) in [6.45, 7) is 0. The minimum Gasteiger partial charge on any atom is -0.304 e. The van der Waals surface area contributed by atoms with Crippen LogP contribution >= 0.6 is 0 Å². The van der Waals surface area contributed by atoms with Crippen LogP contribution in [0.25, 0.3) is 33.2 Å². The van der Waals surface area contributed by atoms with Gasteiger partial charge in [-0.05, 0) is 77.7 Å². The number of benzene rings is 3. The van der Waals surface area contributed by atoms with Gasteiger partial charge in [-0.15, -0.1) is 29.3 Å². The third-order valence-corrected chi connectivity index (χ3v) is 6.49. The van der Waals surface area contributed by atoms with E-state index in [-0.39, 0.29) is 20.1 Å². The second kappa shape index (κ2) is 7.52. The summed E-state index contributed by atoms with van der Waals surface area (Å²) < 4.78 is 0. The van der Waals surface area contributed by atoms with Crippen LogP contribution < -0.4 is 0 Å². The maximum Gasteiger partial charge on any atom is 0.0167 e. The first-order valence-electron chi connectivity index (χ1n) is 10.4. The van der Waals surface area contributed by atoms with E-state index in [1.165, 1.54) is 69.8 Å². The molecule has 2 heteroatoms. The van der Waals surface area contributed by atoms with Gasteiger partial charge in [0.1, 0.15) is 0 Å². The van der Waals surface area contributed by atoms with Crippen LogP contribution in [0.2, 0.25) is 0 Å². The molecule has 1 aromatic heterocycles. The normalized spacial score (nSPS) is 14.5. The summed E-state index contributed by atoms with van der Waals surface area (Å²) in [7, 11) is 0. The van der Waals surface area contributed by atoms with E-state index in [9.17, 15) is 0 Å². The van der Waals surface area contributed by atoms with Crippen LogP contribution in [0.1, 0.15) is 35.1 Å². The van der Waals surface area contributed by atoms with Gasteiger partial charge in [-0.2, -0.15) is 0 Å². The fourth-order valence-corrected chi connectivity index (χ4v) is 5.02. The summed E-state index contributed by atoms with van der Waals surface area (Å²) >= 11 is 0. The number of hydrogen-bond acceptors (Lipinski definition) is 1. The maximum absolute atomic E-state index is 4.79. The largest absolute Gasteiger partial charge is 0.304 e. The van der Waals surface area contributed by atoms with Crippen molar-refractivity contribution < 1.29 is 20.1 Å². The van der Waals surface area contributed by atoms with Gasteiger partial charge in [-0.1, -0.05) is 47.5 Å². The number of nitrogens with zero attached hydrogens (tertiary/aromatic N) is 1. The Kier molecular flexibility index (Phi) is 4.86. The zero-order valence-electron chi connectivity index (χ0n) is 16.3. The van der Waals surface area contributed by atoms with Crippen molar-refractivity contribution in [3.63, 3.8) is 0 Å². The van der Waals surface area contributed by atoms with Crippen molar-refractivity contribution in [2.45, 2.75) is 38.5 Å². The molecule has 0 aliphatic heterocycles. The Morgan fingerprint density at radius 2 is 1.52 bits per heavy atom. The molecule has 6 rings (SSSR count). The molecule has 0 N–H and O–H groups in total. The molecule has 0 atom stereocenters. The zero-order valence-corrected chi connectivity index (χ0v) is 18.7. The standard InChI is InChI=1S/C27H22N.Ir/c1-2-7-20-17-26-22(15-19(20)6-1)13-14-28-27(26)23-11-12-25-21(16-23)10-9-18-5-3-4-8-24(18)25;/h3-5,8,12-17H,1-2,6-7,9-10H2;/q-1;. The summed E-state index contributed by atoms with van der Waals surface area (Å²) in [6, 6.07) is 23.8. The molecule has 0 spiro atoms. The van der Waals surface area contributed by atoms with Gasteiger partial charge in [0.05, 0.1) is 0 Å². The first kappa shape index (κ1) is 18.7. The summed E-state index contributed by atoms with van der Waals surface area (Å²) in [4.78, 5) is 4.79. The van der Waals surface area contributed by atoms with Crippen LogP contribution in [0, 0.1) is 6.07 Å². The third-order valence-electron chi connectivity index (χ3n) is 6.49. The number of aromatic nitrogens is 1. The van der Waals surface area contributed by atoms with Crippen molar-refractivity contribution >= 4 is 10.8 Å². The number of aryl methyl sites for hydroxylation is 4. The van der Waals surface area contributed by atoms with Crippen LogP contribution in [-0.2, 0) is 45.8 Å². The third kappa shape index (κ3) is 3.16. The van der Waals surface area contributed by atoms with Gasteiger partial charge in [0.2, 0.25) is 0 Å². The second-order valence-electron chi connectivity index (χ2n) is 8.15. The molecule has 0 saturated heterocycles. The van der Waals surface area contributed by atoms with Crippen molar-refractivity contribution in [1.82, 2.24) is 4.98 Å². The summed E-state index contributed by atoms with van der Waals surface area (Å²) in [5, 5.41) is 2.58. The molecule has 1 radical (unpaired) electrons. The smallest absolute Gasteiger partial charge is 0.0167 e. The summed E-state index contributed by atoms with van der Waals surface area (Å²) in [5.74, 6) is 0. The minimum absolute atomic E-state index is 0. The molecule has 0 fully saturated rings. The van der Waals surface area contributed by atoms with E-state index in [2.05, 4.69) is 60.7 Å². The second-order valence-corrected chi connectivity index (χ2v) is 8.15. The number of hydrogen-bond donors (Lipinski definition) is 0. The molecular weight excluding hydrogens is 531 g/mol. The molecule has 2 aliphatic rings. The van der Waals surface area contributed by atoms with E-state index in [0.717, 1.165) is 24.1 Å². The fourth-order valence-electron chi connectivity index (χ4n) is 5.02. The van der Waals surface area contributed by atoms with Crippen LogP contribution in [0.15, 0.2) is 60.8 Å². The molecule has 1 nitrogen and oxygen atoms in total.